The molecule has 0 aliphatic rings. The van der Waals surface area contributed by atoms with E-state index in [0.717, 1.165) is 12.1 Å². The highest BCUT2D eigenvalue weighted by molar-refractivity contribution is 5.89. The summed E-state index contributed by atoms with van der Waals surface area (Å²) in [6, 6.07) is 11.7. The monoisotopic (exact) mass is 278 g/mol. The third-order valence-electron chi connectivity index (χ3n) is 2.48. The number of para-hydroxylation sites is 1. The molecule has 0 amide bonds. The second kappa shape index (κ2) is 6.65. The van der Waals surface area contributed by atoms with Crippen LogP contribution < -0.4 is 4.74 Å². The fourth-order valence-electron chi connectivity index (χ4n) is 1.54. The van der Waals surface area contributed by atoms with Crippen molar-refractivity contribution in [1.82, 2.24) is 0 Å². The molecule has 0 bridgehead atoms. The number of carbonyl (C=O) groups excluding carboxylic acids is 1. The second-order valence-electron chi connectivity index (χ2n) is 3.92. The van der Waals surface area contributed by atoms with Gasteiger partial charge in [0.1, 0.15) is 30.6 Å². The van der Waals surface area contributed by atoms with E-state index in [1.165, 1.54) is 0 Å². The molecule has 2 aromatic carbocycles. The Morgan fingerprint density at radius 1 is 1.00 bits per heavy atom. The maximum Gasteiger partial charge on any atom is 0.341 e. The number of carbonyl (C=O) groups is 1. The summed E-state index contributed by atoms with van der Waals surface area (Å²) < 4.78 is 36.2. The van der Waals surface area contributed by atoms with Gasteiger partial charge in [-0.3, -0.25) is 0 Å². The Balaban J connectivity index is 1.80. The summed E-state index contributed by atoms with van der Waals surface area (Å²) in [4.78, 5) is 11.5. The lowest BCUT2D eigenvalue weighted by Crippen LogP contribution is -2.13. The zero-order valence-corrected chi connectivity index (χ0v) is 10.5. The number of ether oxygens (including phenoxy) is 2. The maximum absolute atomic E-state index is 13.3. The van der Waals surface area contributed by atoms with Gasteiger partial charge in [-0.15, -0.1) is 0 Å². The van der Waals surface area contributed by atoms with Crippen LogP contribution in [0.15, 0.2) is 48.5 Å². The fourth-order valence-corrected chi connectivity index (χ4v) is 1.54. The molecule has 0 N–H and O–H groups in total. The topological polar surface area (TPSA) is 35.5 Å². The molecule has 5 heteroatoms. The Morgan fingerprint density at radius 3 is 2.45 bits per heavy atom. The number of rotatable bonds is 5. The van der Waals surface area contributed by atoms with Gasteiger partial charge in [-0.05, 0) is 24.3 Å². The molecule has 0 radical (unpaired) electrons. The number of hydrogen-bond acceptors (Lipinski definition) is 3. The van der Waals surface area contributed by atoms with E-state index >= 15 is 0 Å². The molecule has 0 heterocycles. The second-order valence-corrected chi connectivity index (χ2v) is 3.92. The minimum Gasteiger partial charge on any atom is -0.490 e. The van der Waals surface area contributed by atoms with Gasteiger partial charge in [0, 0.05) is 6.07 Å². The highest BCUT2D eigenvalue weighted by atomic mass is 19.1. The van der Waals surface area contributed by atoms with Gasteiger partial charge < -0.3 is 9.47 Å². The van der Waals surface area contributed by atoms with Crippen molar-refractivity contribution in [3.63, 3.8) is 0 Å². The Hall–Kier alpha value is -2.43. The van der Waals surface area contributed by atoms with E-state index in [-0.39, 0.29) is 18.8 Å². The van der Waals surface area contributed by atoms with Gasteiger partial charge in [0.25, 0.3) is 0 Å². The molecule has 0 atom stereocenters. The average Bonchev–Trinajstić information content (AvgIpc) is 2.44. The van der Waals surface area contributed by atoms with E-state index in [1.54, 1.807) is 12.1 Å². The molecule has 20 heavy (non-hydrogen) atoms. The molecule has 104 valence electrons. The van der Waals surface area contributed by atoms with Gasteiger partial charge in [-0.1, -0.05) is 18.2 Å². The number of hydrogen-bond donors (Lipinski definition) is 0. The quantitative estimate of drug-likeness (QED) is 0.622. The Morgan fingerprint density at radius 2 is 1.75 bits per heavy atom. The molecule has 0 aromatic heterocycles. The first kappa shape index (κ1) is 14.0. The summed E-state index contributed by atoms with van der Waals surface area (Å²) in [5, 5.41) is 0. The van der Waals surface area contributed by atoms with Crippen LogP contribution in [-0.4, -0.2) is 19.2 Å². The molecule has 2 aromatic rings. The molecule has 0 fully saturated rings. The van der Waals surface area contributed by atoms with Crippen LogP contribution in [0.3, 0.4) is 0 Å². The summed E-state index contributed by atoms with van der Waals surface area (Å²) in [6.07, 6.45) is 0. The van der Waals surface area contributed by atoms with E-state index < -0.39 is 17.6 Å². The molecule has 2 rings (SSSR count). The number of benzene rings is 2. The zero-order chi connectivity index (χ0) is 14.4. The van der Waals surface area contributed by atoms with E-state index in [4.69, 9.17) is 9.47 Å². The maximum atomic E-state index is 13.3. The molecule has 0 saturated heterocycles. The van der Waals surface area contributed by atoms with Crippen LogP contribution in [-0.2, 0) is 4.74 Å². The van der Waals surface area contributed by atoms with Crippen LogP contribution in [0.4, 0.5) is 8.78 Å². The summed E-state index contributed by atoms with van der Waals surface area (Å²) in [7, 11) is 0. The third kappa shape index (κ3) is 3.78. The molecular formula is C15H12F2O3. The molecular weight excluding hydrogens is 266 g/mol. The minimum absolute atomic E-state index is 0.0233. The molecule has 0 aliphatic heterocycles. The SMILES string of the molecule is O=C(OCCOc1ccccc1)c1ccc(F)cc1F. The van der Waals surface area contributed by atoms with Gasteiger partial charge in [0.2, 0.25) is 0 Å². The highest BCUT2D eigenvalue weighted by Gasteiger charge is 2.13. The van der Waals surface area contributed by atoms with Gasteiger partial charge in [0.15, 0.2) is 0 Å². The van der Waals surface area contributed by atoms with Crippen LogP contribution in [0.25, 0.3) is 0 Å². The lowest BCUT2D eigenvalue weighted by Gasteiger charge is -2.07. The Kier molecular flexibility index (Phi) is 4.65. The van der Waals surface area contributed by atoms with Gasteiger partial charge >= 0.3 is 5.97 Å². The normalized spacial score (nSPS) is 10.1. The van der Waals surface area contributed by atoms with Crippen LogP contribution in [0.1, 0.15) is 10.4 Å². The molecule has 0 unspecified atom stereocenters. The standard InChI is InChI=1S/C15H12F2O3/c16-11-6-7-13(14(17)10-11)15(18)20-9-8-19-12-4-2-1-3-5-12/h1-7,10H,8-9H2. The van der Waals surface area contributed by atoms with Crippen LogP contribution >= 0.6 is 0 Å². The highest BCUT2D eigenvalue weighted by Crippen LogP contribution is 2.11. The van der Waals surface area contributed by atoms with Crippen molar-refractivity contribution in [2.24, 2.45) is 0 Å². The first-order valence-corrected chi connectivity index (χ1v) is 5.97. The van der Waals surface area contributed by atoms with Gasteiger partial charge in [-0.25, -0.2) is 13.6 Å². The first-order chi connectivity index (χ1) is 9.66. The molecule has 3 nitrogen and oxygen atoms in total. The van der Waals surface area contributed by atoms with Crippen molar-refractivity contribution < 1.29 is 23.0 Å². The van der Waals surface area contributed by atoms with Crippen LogP contribution in [0.2, 0.25) is 0 Å². The third-order valence-corrected chi connectivity index (χ3v) is 2.48. The van der Waals surface area contributed by atoms with Crippen molar-refractivity contribution in [2.75, 3.05) is 13.2 Å². The fraction of sp³-hybridized carbons (Fsp3) is 0.133. The van der Waals surface area contributed by atoms with E-state index in [2.05, 4.69) is 0 Å². The predicted molar refractivity (Wildman–Crippen MR) is 68.6 cm³/mol. The van der Waals surface area contributed by atoms with E-state index in [9.17, 15) is 13.6 Å². The first-order valence-electron chi connectivity index (χ1n) is 5.97. The van der Waals surface area contributed by atoms with Crippen LogP contribution in [0, 0.1) is 11.6 Å². The lowest BCUT2D eigenvalue weighted by atomic mass is 10.2. The predicted octanol–water partition coefficient (Wildman–Crippen LogP) is 3.20. The van der Waals surface area contributed by atoms with Crippen molar-refractivity contribution in [2.45, 2.75) is 0 Å². The minimum atomic E-state index is -0.945. The summed E-state index contributed by atoms with van der Waals surface area (Å²) in [5.41, 5.74) is -0.300. The average molecular weight is 278 g/mol. The van der Waals surface area contributed by atoms with E-state index in [0.29, 0.717) is 11.8 Å². The van der Waals surface area contributed by atoms with Crippen molar-refractivity contribution in [1.29, 1.82) is 0 Å². The number of halogens is 2. The van der Waals surface area contributed by atoms with Crippen molar-refractivity contribution in [3.8, 4) is 5.75 Å². The Labute approximate surface area is 114 Å². The largest absolute Gasteiger partial charge is 0.490 e. The molecule has 0 spiro atoms. The Bertz CT molecular complexity index is 585. The zero-order valence-electron chi connectivity index (χ0n) is 10.5. The summed E-state index contributed by atoms with van der Waals surface area (Å²) in [6.45, 7) is 0.128. The lowest BCUT2D eigenvalue weighted by molar-refractivity contribution is 0.0445. The van der Waals surface area contributed by atoms with Crippen molar-refractivity contribution >= 4 is 5.97 Å². The van der Waals surface area contributed by atoms with Gasteiger partial charge in [-0.2, -0.15) is 0 Å². The number of esters is 1. The van der Waals surface area contributed by atoms with Gasteiger partial charge in [0.05, 0.1) is 5.56 Å². The summed E-state index contributed by atoms with van der Waals surface area (Å²) >= 11 is 0. The summed E-state index contributed by atoms with van der Waals surface area (Å²) in [5.74, 6) is -1.89. The molecule has 0 saturated carbocycles. The molecule has 0 aliphatic carbocycles. The smallest absolute Gasteiger partial charge is 0.341 e. The van der Waals surface area contributed by atoms with E-state index in [1.807, 2.05) is 18.2 Å². The van der Waals surface area contributed by atoms with Crippen molar-refractivity contribution in [3.05, 3.63) is 65.7 Å². The van der Waals surface area contributed by atoms with Crippen LogP contribution in [0.5, 0.6) is 5.75 Å².